The number of aromatic nitrogens is 2. The summed E-state index contributed by atoms with van der Waals surface area (Å²) in [6.45, 7) is 5.40. The SMILES string of the molecule is CC(=O)Nc1ccc2c(CSc3nc4ccccc4c(=O)n3-c3cc(C)cc(C)c3)cc(=O)oc2c1. The first-order valence-electron chi connectivity index (χ1n) is 11.4. The van der Waals surface area contributed by atoms with Crippen molar-refractivity contribution in [1.29, 1.82) is 0 Å². The van der Waals surface area contributed by atoms with Gasteiger partial charge in [-0.25, -0.2) is 9.78 Å². The zero-order valence-electron chi connectivity index (χ0n) is 20.0. The standard InChI is InChI=1S/C28H23N3O4S/c1-16-10-17(2)12-21(11-16)31-27(34)23-6-4-5-7-24(23)30-28(31)36-15-19-13-26(33)35-25-14-20(29-18(3)32)8-9-22(19)25/h4-14H,15H2,1-3H3,(H,29,32). The largest absolute Gasteiger partial charge is 0.423 e. The third kappa shape index (κ3) is 4.67. The summed E-state index contributed by atoms with van der Waals surface area (Å²) >= 11 is 1.38. The van der Waals surface area contributed by atoms with Crippen molar-refractivity contribution in [2.75, 3.05) is 5.32 Å². The Labute approximate surface area is 210 Å². The summed E-state index contributed by atoms with van der Waals surface area (Å²) in [6, 6.07) is 19.9. The maximum absolute atomic E-state index is 13.6. The van der Waals surface area contributed by atoms with Gasteiger partial charge in [0.15, 0.2) is 5.16 Å². The van der Waals surface area contributed by atoms with Gasteiger partial charge in [-0.15, -0.1) is 0 Å². The number of hydrogen-bond donors (Lipinski definition) is 1. The summed E-state index contributed by atoms with van der Waals surface area (Å²) in [5, 5.41) is 4.51. The predicted octanol–water partition coefficient (Wildman–Crippen LogP) is 5.36. The topological polar surface area (TPSA) is 94.2 Å². The van der Waals surface area contributed by atoms with Crippen molar-refractivity contribution >= 4 is 45.2 Å². The molecule has 180 valence electrons. The van der Waals surface area contributed by atoms with Crippen molar-refractivity contribution in [3.8, 4) is 5.69 Å². The van der Waals surface area contributed by atoms with Crippen molar-refractivity contribution in [3.63, 3.8) is 0 Å². The van der Waals surface area contributed by atoms with Gasteiger partial charge >= 0.3 is 5.63 Å². The second-order valence-corrected chi connectivity index (χ2v) is 9.61. The summed E-state index contributed by atoms with van der Waals surface area (Å²) in [7, 11) is 0. The van der Waals surface area contributed by atoms with E-state index < -0.39 is 5.63 Å². The number of fused-ring (bicyclic) bond motifs is 2. The van der Waals surface area contributed by atoms with Crippen LogP contribution in [0.2, 0.25) is 0 Å². The van der Waals surface area contributed by atoms with Gasteiger partial charge in [0.05, 0.1) is 16.6 Å². The highest BCUT2D eigenvalue weighted by Crippen LogP contribution is 2.29. The van der Waals surface area contributed by atoms with Crippen LogP contribution in [0, 0.1) is 13.8 Å². The van der Waals surface area contributed by atoms with E-state index in [1.165, 1.54) is 24.8 Å². The Hall–Kier alpha value is -4.17. The van der Waals surface area contributed by atoms with Crippen molar-refractivity contribution in [2.24, 2.45) is 0 Å². The molecule has 2 heterocycles. The molecular weight excluding hydrogens is 474 g/mol. The van der Waals surface area contributed by atoms with Gasteiger partial charge in [0.25, 0.3) is 5.56 Å². The second-order valence-electron chi connectivity index (χ2n) is 8.67. The number of nitrogens with zero attached hydrogens (tertiary/aromatic N) is 2. The quantitative estimate of drug-likeness (QED) is 0.200. The van der Waals surface area contributed by atoms with Crippen LogP contribution < -0.4 is 16.5 Å². The second kappa shape index (κ2) is 9.47. The van der Waals surface area contributed by atoms with E-state index in [1.807, 2.05) is 50.2 Å². The molecule has 0 aliphatic carbocycles. The van der Waals surface area contributed by atoms with Gasteiger partial charge in [-0.1, -0.05) is 30.0 Å². The highest BCUT2D eigenvalue weighted by atomic mass is 32.2. The summed E-state index contributed by atoms with van der Waals surface area (Å²) in [4.78, 5) is 42.1. The molecule has 36 heavy (non-hydrogen) atoms. The molecule has 0 radical (unpaired) electrons. The molecule has 3 aromatic carbocycles. The Morgan fingerprint density at radius 2 is 1.72 bits per heavy atom. The van der Waals surface area contributed by atoms with Crippen LogP contribution in [-0.4, -0.2) is 15.5 Å². The van der Waals surface area contributed by atoms with Crippen LogP contribution >= 0.6 is 11.8 Å². The minimum Gasteiger partial charge on any atom is -0.423 e. The van der Waals surface area contributed by atoms with Crippen molar-refractivity contribution in [3.05, 3.63) is 104 Å². The number of thioether (sulfide) groups is 1. The Kier molecular flexibility index (Phi) is 6.20. The van der Waals surface area contributed by atoms with Crippen LogP contribution in [0.15, 0.2) is 85.9 Å². The number of aryl methyl sites for hydroxylation is 2. The Morgan fingerprint density at radius 3 is 2.47 bits per heavy atom. The van der Waals surface area contributed by atoms with E-state index >= 15 is 0 Å². The molecule has 0 saturated heterocycles. The molecule has 8 heteroatoms. The fourth-order valence-corrected chi connectivity index (χ4v) is 5.29. The van der Waals surface area contributed by atoms with Crippen LogP contribution in [-0.2, 0) is 10.5 Å². The van der Waals surface area contributed by atoms with Crippen LogP contribution in [0.5, 0.6) is 0 Å². The molecule has 0 aliphatic rings. The van der Waals surface area contributed by atoms with Crippen LogP contribution in [0.1, 0.15) is 23.6 Å². The van der Waals surface area contributed by atoms with Gasteiger partial charge < -0.3 is 9.73 Å². The number of benzene rings is 3. The van der Waals surface area contributed by atoms with E-state index in [0.717, 1.165) is 27.8 Å². The van der Waals surface area contributed by atoms with Crippen LogP contribution in [0.25, 0.3) is 27.6 Å². The van der Waals surface area contributed by atoms with E-state index in [9.17, 15) is 14.4 Å². The predicted molar refractivity (Wildman–Crippen MR) is 143 cm³/mol. The molecule has 1 N–H and O–H groups in total. The zero-order chi connectivity index (χ0) is 25.4. The number of para-hydroxylation sites is 1. The van der Waals surface area contributed by atoms with Gasteiger partial charge in [-0.05, 0) is 66.9 Å². The van der Waals surface area contributed by atoms with E-state index in [2.05, 4.69) is 11.4 Å². The molecule has 0 aliphatic heterocycles. The molecule has 2 aromatic heterocycles. The highest BCUT2D eigenvalue weighted by Gasteiger charge is 2.16. The average molecular weight is 498 g/mol. The normalized spacial score (nSPS) is 11.2. The van der Waals surface area contributed by atoms with E-state index in [0.29, 0.717) is 33.1 Å². The molecule has 0 bridgehead atoms. The average Bonchev–Trinajstić information content (AvgIpc) is 2.81. The van der Waals surface area contributed by atoms with Gasteiger partial charge in [0.2, 0.25) is 5.91 Å². The first-order chi connectivity index (χ1) is 17.3. The van der Waals surface area contributed by atoms with Crippen LogP contribution in [0.4, 0.5) is 5.69 Å². The zero-order valence-corrected chi connectivity index (χ0v) is 20.8. The lowest BCUT2D eigenvalue weighted by Crippen LogP contribution is -2.22. The minimum absolute atomic E-state index is 0.148. The number of nitrogens with one attached hydrogen (secondary N) is 1. The maximum Gasteiger partial charge on any atom is 0.336 e. The Balaban J connectivity index is 1.61. The van der Waals surface area contributed by atoms with E-state index in [-0.39, 0.29) is 11.5 Å². The summed E-state index contributed by atoms with van der Waals surface area (Å²) in [6.07, 6.45) is 0. The third-order valence-electron chi connectivity index (χ3n) is 5.72. The van der Waals surface area contributed by atoms with E-state index in [4.69, 9.17) is 9.40 Å². The summed E-state index contributed by atoms with van der Waals surface area (Å²) in [5.41, 5.74) is 4.48. The number of anilines is 1. The molecule has 5 rings (SSSR count). The van der Waals surface area contributed by atoms with Crippen molar-refractivity contribution < 1.29 is 9.21 Å². The first-order valence-corrected chi connectivity index (χ1v) is 12.3. The summed E-state index contributed by atoms with van der Waals surface area (Å²) in [5.74, 6) is 0.173. The fraction of sp³-hybridized carbons (Fsp3) is 0.143. The fourth-order valence-electron chi connectivity index (χ4n) is 4.29. The molecule has 0 saturated carbocycles. The minimum atomic E-state index is -0.490. The third-order valence-corrected chi connectivity index (χ3v) is 6.70. The molecule has 0 fully saturated rings. The lowest BCUT2D eigenvalue weighted by Gasteiger charge is -2.15. The van der Waals surface area contributed by atoms with Gasteiger partial charge in [0.1, 0.15) is 5.58 Å². The van der Waals surface area contributed by atoms with Crippen LogP contribution in [0.3, 0.4) is 0 Å². The number of hydrogen-bond acceptors (Lipinski definition) is 6. The number of amides is 1. The van der Waals surface area contributed by atoms with Gasteiger partial charge in [-0.2, -0.15) is 0 Å². The number of rotatable bonds is 5. The number of carbonyl (C=O) groups excluding carboxylic acids is 1. The highest BCUT2D eigenvalue weighted by molar-refractivity contribution is 7.98. The maximum atomic E-state index is 13.6. The molecule has 1 amide bonds. The molecule has 0 spiro atoms. The molecule has 5 aromatic rings. The van der Waals surface area contributed by atoms with Crippen molar-refractivity contribution in [1.82, 2.24) is 9.55 Å². The Bertz CT molecular complexity index is 1750. The van der Waals surface area contributed by atoms with Gasteiger partial charge in [-0.3, -0.25) is 14.2 Å². The Morgan fingerprint density at radius 1 is 0.972 bits per heavy atom. The van der Waals surface area contributed by atoms with Crippen molar-refractivity contribution in [2.45, 2.75) is 31.7 Å². The molecule has 0 unspecified atom stereocenters. The number of carbonyl (C=O) groups is 1. The summed E-state index contributed by atoms with van der Waals surface area (Å²) < 4.78 is 7.02. The molecular formula is C28H23N3O4S. The molecule has 0 atom stereocenters. The van der Waals surface area contributed by atoms with Gasteiger partial charge in [0, 0.05) is 35.9 Å². The smallest absolute Gasteiger partial charge is 0.336 e. The monoisotopic (exact) mass is 497 g/mol. The first kappa shape index (κ1) is 23.6. The van der Waals surface area contributed by atoms with E-state index in [1.54, 1.807) is 22.8 Å². The lowest BCUT2D eigenvalue weighted by molar-refractivity contribution is -0.114. The molecule has 7 nitrogen and oxygen atoms in total. The lowest BCUT2D eigenvalue weighted by atomic mass is 10.1.